The predicted octanol–water partition coefficient (Wildman–Crippen LogP) is 3.21. The van der Waals surface area contributed by atoms with Crippen molar-refractivity contribution in [1.29, 1.82) is 0 Å². The van der Waals surface area contributed by atoms with Crippen molar-refractivity contribution in [2.24, 2.45) is 11.3 Å². The second-order valence-corrected chi connectivity index (χ2v) is 8.91. The number of Topliss-reactive ketones (excluding diaryl/α,β-unsaturated/α-hetero) is 1. The SMILES string of the molecule is COc1c(O)c2c(c(O)c1C(C)C)C(=O)C[C@@H]1[C@]23CCC[C@]1(C)C(O)OC3. The number of carbonyl (C=O) groups is 1. The van der Waals surface area contributed by atoms with Crippen LogP contribution in [0.25, 0.3) is 0 Å². The molecular formula is C21H28O6. The average Bonchev–Trinajstić information content (AvgIpc) is 2.61. The van der Waals surface area contributed by atoms with Gasteiger partial charge in [-0.2, -0.15) is 0 Å². The monoisotopic (exact) mass is 376 g/mol. The third-order valence-corrected chi connectivity index (χ3v) is 7.25. The largest absolute Gasteiger partial charge is 0.507 e. The van der Waals surface area contributed by atoms with Gasteiger partial charge in [-0.3, -0.25) is 4.79 Å². The lowest BCUT2D eigenvalue weighted by Gasteiger charge is -2.60. The molecule has 27 heavy (non-hydrogen) atoms. The van der Waals surface area contributed by atoms with Gasteiger partial charge in [0.25, 0.3) is 0 Å². The van der Waals surface area contributed by atoms with Crippen molar-refractivity contribution in [2.75, 3.05) is 13.7 Å². The van der Waals surface area contributed by atoms with E-state index in [-0.39, 0.29) is 53.5 Å². The zero-order chi connectivity index (χ0) is 19.7. The lowest BCUT2D eigenvalue weighted by molar-refractivity contribution is -0.263. The number of fused-ring (bicyclic) bond motifs is 1. The van der Waals surface area contributed by atoms with E-state index in [1.807, 2.05) is 20.8 Å². The Kier molecular flexibility index (Phi) is 4.02. The molecule has 1 aromatic carbocycles. The summed E-state index contributed by atoms with van der Waals surface area (Å²) in [5.41, 5.74) is -0.0690. The maximum absolute atomic E-state index is 13.1. The smallest absolute Gasteiger partial charge is 0.167 e. The number of carbonyl (C=O) groups excluding carboxylic acids is 1. The molecule has 0 radical (unpaired) electrons. The van der Waals surface area contributed by atoms with Crippen LogP contribution in [0.5, 0.6) is 17.2 Å². The van der Waals surface area contributed by atoms with Crippen LogP contribution >= 0.6 is 0 Å². The third kappa shape index (κ3) is 2.17. The van der Waals surface area contributed by atoms with Crippen molar-refractivity contribution in [2.45, 2.75) is 64.1 Å². The molecule has 0 aromatic heterocycles. The maximum Gasteiger partial charge on any atom is 0.167 e. The Balaban J connectivity index is 2.06. The standard InChI is InChI=1S/C21H28O6/c1-10(2)13-16(23)14-11(22)8-12-20(3)6-5-7-21(12,9-27-19(20)25)15(14)17(24)18(13)26-4/h10,12,19,23-25H,5-9H2,1-4H3/t12-,19?,20-,21+/m0/s1. The Morgan fingerprint density at radius 1 is 1.22 bits per heavy atom. The van der Waals surface area contributed by atoms with Gasteiger partial charge in [0, 0.05) is 28.4 Å². The Bertz CT molecular complexity index is 816. The molecule has 2 bridgehead atoms. The molecule has 4 rings (SSSR count). The first-order valence-electron chi connectivity index (χ1n) is 9.68. The van der Waals surface area contributed by atoms with Crippen LogP contribution in [0.4, 0.5) is 0 Å². The molecule has 1 saturated heterocycles. The Labute approximate surface area is 159 Å². The zero-order valence-electron chi connectivity index (χ0n) is 16.3. The second-order valence-electron chi connectivity index (χ2n) is 8.91. The number of aliphatic hydroxyl groups excluding tert-OH is 1. The molecule has 2 fully saturated rings. The maximum atomic E-state index is 13.1. The van der Waals surface area contributed by atoms with E-state index in [1.165, 1.54) is 7.11 Å². The van der Waals surface area contributed by atoms with E-state index in [2.05, 4.69) is 0 Å². The lowest BCUT2D eigenvalue weighted by Crippen LogP contribution is -2.62. The third-order valence-electron chi connectivity index (χ3n) is 7.25. The normalized spacial score (nSPS) is 35.0. The summed E-state index contributed by atoms with van der Waals surface area (Å²) in [4.78, 5) is 13.1. The molecule has 4 atom stereocenters. The molecule has 1 heterocycles. The van der Waals surface area contributed by atoms with E-state index >= 15 is 0 Å². The molecule has 0 spiro atoms. The molecule has 1 saturated carbocycles. The van der Waals surface area contributed by atoms with Crippen LogP contribution < -0.4 is 4.74 Å². The van der Waals surface area contributed by atoms with Gasteiger partial charge in [-0.1, -0.05) is 27.2 Å². The molecule has 0 amide bonds. The fourth-order valence-corrected chi connectivity index (χ4v) is 5.96. The molecule has 3 N–H and O–H groups in total. The highest BCUT2D eigenvalue weighted by molar-refractivity contribution is 6.04. The van der Waals surface area contributed by atoms with E-state index in [1.54, 1.807) is 0 Å². The summed E-state index contributed by atoms with van der Waals surface area (Å²) in [6.45, 7) is 5.95. The molecule has 1 aromatic rings. The highest BCUT2D eigenvalue weighted by atomic mass is 16.6. The van der Waals surface area contributed by atoms with Crippen LogP contribution in [0, 0.1) is 11.3 Å². The summed E-state index contributed by atoms with van der Waals surface area (Å²) in [6.07, 6.45) is 1.66. The highest BCUT2D eigenvalue weighted by Crippen LogP contribution is 2.65. The topological polar surface area (TPSA) is 96.2 Å². The summed E-state index contributed by atoms with van der Waals surface area (Å²) in [5, 5.41) is 32.7. The van der Waals surface area contributed by atoms with E-state index in [0.29, 0.717) is 11.1 Å². The van der Waals surface area contributed by atoms with Gasteiger partial charge in [0.05, 0.1) is 19.3 Å². The van der Waals surface area contributed by atoms with Gasteiger partial charge < -0.3 is 24.8 Å². The Morgan fingerprint density at radius 2 is 1.93 bits per heavy atom. The van der Waals surface area contributed by atoms with Crippen molar-refractivity contribution < 1.29 is 29.6 Å². The number of rotatable bonds is 2. The first-order chi connectivity index (χ1) is 12.7. The summed E-state index contributed by atoms with van der Waals surface area (Å²) in [6, 6.07) is 0. The average molecular weight is 376 g/mol. The van der Waals surface area contributed by atoms with E-state index < -0.39 is 17.1 Å². The molecule has 6 heteroatoms. The minimum Gasteiger partial charge on any atom is -0.507 e. The molecule has 148 valence electrons. The number of methoxy groups -OCH3 is 1. The number of phenolic OH excluding ortho intramolecular Hbond substituents is 2. The number of benzene rings is 1. The first kappa shape index (κ1) is 18.6. The van der Waals surface area contributed by atoms with Gasteiger partial charge in [-0.05, 0) is 24.7 Å². The lowest BCUT2D eigenvalue weighted by atomic mass is 9.47. The number of ketones is 1. The summed E-state index contributed by atoms with van der Waals surface area (Å²) in [7, 11) is 1.46. The molecule has 1 aliphatic heterocycles. The second kappa shape index (κ2) is 5.85. The van der Waals surface area contributed by atoms with Gasteiger partial charge >= 0.3 is 0 Å². The number of phenols is 2. The van der Waals surface area contributed by atoms with E-state index in [0.717, 1.165) is 19.3 Å². The molecule has 2 aliphatic carbocycles. The zero-order valence-corrected chi connectivity index (χ0v) is 16.3. The van der Waals surface area contributed by atoms with Gasteiger partial charge in [-0.15, -0.1) is 0 Å². The van der Waals surface area contributed by atoms with E-state index in [9.17, 15) is 20.1 Å². The summed E-state index contributed by atoms with van der Waals surface area (Å²) in [5.74, 6) is -0.405. The van der Waals surface area contributed by atoms with Crippen molar-refractivity contribution in [3.05, 3.63) is 16.7 Å². The first-order valence-corrected chi connectivity index (χ1v) is 9.68. The number of hydrogen-bond acceptors (Lipinski definition) is 6. The van der Waals surface area contributed by atoms with E-state index in [4.69, 9.17) is 9.47 Å². The Morgan fingerprint density at radius 3 is 2.56 bits per heavy atom. The minimum absolute atomic E-state index is 0.0729. The Hall–Kier alpha value is -1.79. The van der Waals surface area contributed by atoms with Crippen LogP contribution in [0.1, 0.15) is 73.9 Å². The van der Waals surface area contributed by atoms with Crippen molar-refractivity contribution in [1.82, 2.24) is 0 Å². The predicted molar refractivity (Wildman–Crippen MR) is 98.4 cm³/mol. The van der Waals surface area contributed by atoms with Crippen molar-refractivity contribution >= 4 is 5.78 Å². The van der Waals surface area contributed by atoms with Gasteiger partial charge in [0.1, 0.15) is 5.75 Å². The van der Waals surface area contributed by atoms with Crippen molar-refractivity contribution in [3.63, 3.8) is 0 Å². The molecule has 1 unspecified atom stereocenters. The van der Waals surface area contributed by atoms with Gasteiger partial charge in [-0.25, -0.2) is 0 Å². The fourth-order valence-electron chi connectivity index (χ4n) is 5.96. The van der Waals surface area contributed by atoms with Gasteiger partial charge in [0.15, 0.2) is 23.6 Å². The minimum atomic E-state index is -0.933. The summed E-state index contributed by atoms with van der Waals surface area (Å²) >= 11 is 0. The molecular weight excluding hydrogens is 348 g/mol. The number of aromatic hydroxyl groups is 2. The van der Waals surface area contributed by atoms with Crippen LogP contribution in [0.2, 0.25) is 0 Å². The molecule has 6 nitrogen and oxygen atoms in total. The number of aliphatic hydroxyl groups is 1. The molecule has 3 aliphatic rings. The van der Waals surface area contributed by atoms with Crippen LogP contribution in [0.15, 0.2) is 0 Å². The number of hydrogen-bond donors (Lipinski definition) is 3. The van der Waals surface area contributed by atoms with Crippen LogP contribution in [-0.2, 0) is 10.2 Å². The summed E-state index contributed by atoms with van der Waals surface area (Å²) < 4.78 is 11.2. The van der Waals surface area contributed by atoms with Crippen molar-refractivity contribution in [3.8, 4) is 17.2 Å². The van der Waals surface area contributed by atoms with Crippen LogP contribution in [-0.4, -0.2) is 41.1 Å². The fraction of sp³-hybridized carbons (Fsp3) is 0.667. The number of ether oxygens (including phenoxy) is 2. The van der Waals surface area contributed by atoms with Crippen LogP contribution in [0.3, 0.4) is 0 Å². The van der Waals surface area contributed by atoms with Gasteiger partial charge in [0.2, 0.25) is 0 Å². The highest BCUT2D eigenvalue weighted by Gasteiger charge is 2.63. The quantitative estimate of drug-likeness (QED) is 0.686.